The summed E-state index contributed by atoms with van der Waals surface area (Å²) in [7, 11) is 0. The van der Waals surface area contributed by atoms with E-state index < -0.39 is 6.10 Å². The Hall–Kier alpha value is -2.17. The second kappa shape index (κ2) is 5.45. The van der Waals surface area contributed by atoms with E-state index >= 15 is 0 Å². The van der Waals surface area contributed by atoms with E-state index in [0.29, 0.717) is 6.54 Å². The number of fused-ring (bicyclic) bond motifs is 2. The lowest BCUT2D eigenvalue weighted by atomic mass is 10.1. The monoisotopic (exact) mass is 268 g/mol. The SMILES string of the molecule is OCC(O)CNc1cccc2cc3ccccc3nc12. The molecule has 4 nitrogen and oxygen atoms in total. The average molecular weight is 268 g/mol. The van der Waals surface area contributed by atoms with Crippen molar-refractivity contribution < 1.29 is 10.2 Å². The number of aliphatic hydroxyl groups is 2. The third kappa shape index (κ3) is 2.43. The molecule has 20 heavy (non-hydrogen) atoms. The molecule has 0 saturated heterocycles. The predicted molar refractivity (Wildman–Crippen MR) is 80.8 cm³/mol. The van der Waals surface area contributed by atoms with Crippen LogP contribution in [-0.4, -0.2) is 34.5 Å². The van der Waals surface area contributed by atoms with Crippen LogP contribution in [-0.2, 0) is 0 Å². The molecule has 0 aliphatic rings. The van der Waals surface area contributed by atoms with Gasteiger partial charge in [0.15, 0.2) is 0 Å². The molecule has 4 heteroatoms. The second-order valence-corrected chi connectivity index (χ2v) is 4.78. The zero-order chi connectivity index (χ0) is 13.9. The van der Waals surface area contributed by atoms with E-state index in [1.54, 1.807) is 0 Å². The molecule has 3 N–H and O–H groups in total. The summed E-state index contributed by atoms with van der Waals surface area (Å²) in [5, 5.41) is 23.6. The van der Waals surface area contributed by atoms with Gasteiger partial charge < -0.3 is 15.5 Å². The number of hydrogen-bond acceptors (Lipinski definition) is 4. The number of benzene rings is 2. The summed E-state index contributed by atoms with van der Waals surface area (Å²) < 4.78 is 0. The maximum atomic E-state index is 9.43. The summed E-state index contributed by atoms with van der Waals surface area (Å²) in [4.78, 5) is 4.67. The summed E-state index contributed by atoms with van der Waals surface area (Å²) >= 11 is 0. The van der Waals surface area contributed by atoms with E-state index in [-0.39, 0.29) is 6.61 Å². The van der Waals surface area contributed by atoms with E-state index in [0.717, 1.165) is 27.5 Å². The summed E-state index contributed by atoms with van der Waals surface area (Å²) in [5.41, 5.74) is 2.68. The molecule has 102 valence electrons. The van der Waals surface area contributed by atoms with Crippen molar-refractivity contribution in [3.05, 3.63) is 48.5 Å². The van der Waals surface area contributed by atoms with E-state index in [9.17, 15) is 5.11 Å². The molecule has 0 amide bonds. The van der Waals surface area contributed by atoms with Gasteiger partial charge in [0.05, 0.1) is 29.4 Å². The van der Waals surface area contributed by atoms with Crippen LogP contribution in [0.4, 0.5) is 5.69 Å². The van der Waals surface area contributed by atoms with Crippen LogP contribution < -0.4 is 5.32 Å². The van der Waals surface area contributed by atoms with Gasteiger partial charge in [-0.3, -0.25) is 0 Å². The third-order valence-corrected chi connectivity index (χ3v) is 3.29. The molecule has 0 aliphatic carbocycles. The van der Waals surface area contributed by atoms with Crippen molar-refractivity contribution in [2.75, 3.05) is 18.5 Å². The Morgan fingerprint density at radius 2 is 1.85 bits per heavy atom. The van der Waals surface area contributed by atoms with Gasteiger partial charge in [-0.1, -0.05) is 30.3 Å². The molecular weight excluding hydrogens is 252 g/mol. The van der Waals surface area contributed by atoms with Crippen molar-refractivity contribution in [1.29, 1.82) is 0 Å². The van der Waals surface area contributed by atoms with Gasteiger partial charge in [-0.2, -0.15) is 0 Å². The van der Waals surface area contributed by atoms with Gasteiger partial charge in [-0.15, -0.1) is 0 Å². The summed E-state index contributed by atoms with van der Waals surface area (Å²) in [6, 6.07) is 16.0. The number of aromatic nitrogens is 1. The molecule has 0 bridgehead atoms. The quantitative estimate of drug-likeness (QED) is 0.634. The Morgan fingerprint density at radius 1 is 1.05 bits per heavy atom. The fourth-order valence-corrected chi connectivity index (χ4v) is 2.24. The third-order valence-electron chi connectivity index (χ3n) is 3.29. The van der Waals surface area contributed by atoms with E-state index in [4.69, 9.17) is 5.11 Å². The first-order chi connectivity index (χ1) is 9.78. The Morgan fingerprint density at radius 3 is 2.70 bits per heavy atom. The highest BCUT2D eigenvalue weighted by molar-refractivity contribution is 5.98. The highest BCUT2D eigenvalue weighted by Gasteiger charge is 2.06. The first-order valence-electron chi connectivity index (χ1n) is 6.59. The molecular formula is C16H16N2O2. The first kappa shape index (κ1) is 12.8. The second-order valence-electron chi connectivity index (χ2n) is 4.78. The van der Waals surface area contributed by atoms with Crippen molar-refractivity contribution in [3.8, 4) is 0 Å². The van der Waals surface area contributed by atoms with Gasteiger partial charge in [0.2, 0.25) is 0 Å². The molecule has 0 spiro atoms. The van der Waals surface area contributed by atoms with Crippen molar-refractivity contribution in [2.45, 2.75) is 6.10 Å². The normalized spacial score (nSPS) is 12.7. The van der Waals surface area contributed by atoms with Crippen LogP contribution in [0.1, 0.15) is 0 Å². The van der Waals surface area contributed by atoms with Crippen LogP contribution in [0, 0.1) is 0 Å². The number of aliphatic hydroxyl groups excluding tert-OH is 2. The van der Waals surface area contributed by atoms with Gasteiger partial charge in [0.25, 0.3) is 0 Å². The van der Waals surface area contributed by atoms with Gasteiger partial charge in [0, 0.05) is 17.3 Å². The Balaban J connectivity index is 2.06. The van der Waals surface area contributed by atoms with Gasteiger partial charge in [-0.05, 0) is 18.2 Å². The van der Waals surface area contributed by atoms with Crippen molar-refractivity contribution in [2.24, 2.45) is 0 Å². The topological polar surface area (TPSA) is 65.4 Å². The fraction of sp³-hybridized carbons (Fsp3) is 0.188. The molecule has 3 rings (SSSR count). The lowest BCUT2D eigenvalue weighted by molar-refractivity contribution is 0.105. The molecule has 1 atom stereocenters. The molecule has 1 unspecified atom stereocenters. The van der Waals surface area contributed by atoms with Crippen LogP contribution in [0.25, 0.3) is 21.8 Å². The van der Waals surface area contributed by atoms with E-state index in [2.05, 4.69) is 16.4 Å². The van der Waals surface area contributed by atoms with Crippen molar-refractivity contribution in [1.82, 2.24) is 4.98 Å². The summed E-state index contributed by atoms with van der Waals surface area (Å²) in [5.74, 6) is 0. The Labute approximate surface area is 116 Å². The minimum Gasteiger partial charge on any atom is -0.394 e. The minimum absolute atomic E-state index is 0.256. The van der Waals surface area contributed by atoms with Crippen molar-refractivity contribution >= 4 is 27.5 Å². The highest BCUT2D eigenvalue weighted by atomic mass is 16.3. The fourth-order valence-electron chi connectivity index (χ4n) is 2.24. The number of anilines is 1. The molecule has 0 fully saturated rings. The molecule has 3 aromatic rings. The Bertz CT molecular complexity index is 743. The van der Waals surface area contributed by atoms with Crippen LogP contribution >= 0.6 is 0 Å². The van der Waals surface area contributed by atoms with Crippen LogP contribution in [0.3, 0.4) is 0 Å². The number of hydrogen-bond donors (Lipinski definition) is 3. The molecule has 0 saturated carbocycles. The molecule has 0 radical (unpaired) electrons. The van der Waals surface area contributed by atoms with Crippen LogP contribution in [0.2, 0.25) is 0 Å². The lowest BCUT2D eigenvalue weighted by Gasteiger charge is -2.12. The van der Waals surface area contributed by atoms with Gasteiger partial charge in [-0.25, -0.2) is 4.98 Å². The van der Waals surface area contributed by atoms with Crippen LogP contribution in [0.15, 0.2) is 48.5 Å². The molecule has 1 aromatic heterocycles. The zero-order valence-corrected chi connectivity index (χ0v) is 11.0. The van der Waals surface area contributed by atoms with Gasteiger partial charge >= 0.3 is 0 Å². The number of pyridine rings is 1. The summed E-state index contributed by atoms with van der Waals surface area (Å²) in [6.45, 7) is 0.0399. The summed E-state index contributed by atoms with van der Waals surface area (Å²) in [6.07, 6.45) is -0.772. The predicted octanol–water partition coefficient (Wildman–Crippen LogP) is 2.15. The average Bonchev–Trinajstić information content (AvgIpc) is 2.50. The molecule has 0 aliphatic heterocycles. The van der Waals surface area contributed by atoms with E-state index in [1.165, 1.54) is 0 Å². The zero-order valence-electron chi connectivity index (χ0n) is 11.0. The van der Waals surface area contributed by atoms with Gasteiger partial charge in [0.1, 0.15) is 0 Å². The van der Waals surface area contributed by atoms with Crippen LogP contribution in [0.5, 0.6) is 0 Å². The highest BCUT2D eigenvalue weighted by Crippen LogP contribution is 2.25. The van der Waals surface area contributed by atoms with Crippen molar-refractivity contribution in [3.63, 3.8) is 0 Å². The maximum absolute atomic E-state index is 9.43. The molecule has 1 heterocycles. The first-order valence-corrected chi connectivity index (χ1v) is 6.59. The minimum atomic E-state index is -0.772. The van der Waals surface area contributed by atoms with E-state index in [1.807, 2.05) is 42.5 Å². The molecule has 2 aromatic carbocycles. The number of para-hydroxylation sites is 2. The smallest absolute Gasteiger partial charge is 0.0942 e. The number of rotatable bonds is 4. The number of nitrogens with zero attached hydrogens (tertiary/aromatic N) is 1. The maximum Gasteiger partial charge on any atom is 0.0942 e. The largest absolute Gasteiger partial charge is 0.394 e. The lowest BCUT2D eigenvalue weighted by Crippen LogP contribution is -2.23. The standard InChI is InChI=1S/C16H16N2O2/c19-10-13(20)9-17-15-7-3-5-12-8-11-4-1-2-6-14(11)18-16(12)15/h1-8,13,17,19-20H,9-10H2. The Kier molecular flexibility index (Phi) is 3.50. The number of nitrogens with one attached hydrogen (secondary N) is 1.